The molecule has 0 fully saturated rings. The highest BCUT2D eigenvalue weighted by Crippen LogP contribution is 2.17. The Balaban J connectivity index is 1.92. The molecule has 2 aromatic rings. The van der Waals surface area contributed by atoms with Crippen molar-refractivity contribution in [2.75, 3.05) is 24.3 Å². The van der Waals surface area contributed by atoms with E-state index in [0.29, 0.717) is 17.3 Å². The molecule has 0 radical (unpaired) electrons. The maximum atomic E-state index is 11.9. The third kappa shape index (κ3) is 4.73. The molecule has 2 N–H and O–H groups in total. The Kier molecular flexibility index (Phi) is 5.82. The van der Waals surface area contributed by atoms with Crippen molar-refractivity contribution < 1.29 is 9.59 Å². The highest BCUT2D eigenvalue weighted by atomic mass is 35.5. The van der Waals surface area contributed by atoms with Gasteiger partial charge in [-0.15, -0.1) is 0 Å². The molecule has 24 heavy (non-hydrogen) atoms. The first-order valence-corrected chi connectivity index (χ1v) is 7.86. The second kappa shape index (κ2) is 7.84. The number of aryl methyl sites for hydroxylation is 1. The summed E-state index contributed by atoms with van der Waals surface area (Å²) in [6.07, 6.45) is 0. The third-order valence-corrected chi connectivity index (χ3v) is 3.84. The normalized spacial score (nSPS) is 10.2. The number of hydrogen-bond acceptors (Lipinski definition) is 3. The van der Waals surface area contributed by atoms with Crippen molar-refractivity contribution in [2.24, 2.45) is 0 Å². The summed E-state index contributed by atoms with van der Waals surface area (Å²) in [4.78, 5) is 25.8. The number of amides is 2. The fourth-order valence-corrected chi connectivity index (χ4v) is 2.26. The predicted molar refractivity (Wildman–Crippen MR) is 97.4 cm³/mol. The molecule has 2 aromatic carbocycles. The summed E-state index contributed by atoms with van der Waals surface area (Å²) in [5.41, 5.74) is 3.63. The molecular weight excluding hydrogens is 326 g/mol. The zero-order valence-electron chi connectivity index (χ0n) is 13.9. The molecule has 2 amide bonds. The summed E-state index contributed by atoms with van der Waals surface area (Å²) in [7, 11) is 3.94. The van der Waals surface area contributed by atoms with Gasteiger partial charge in [0, 0.05) is 37.0 Å². The molecule has 0 spiro atoms. The minimum atomic E-state index is -0.708. The molecule has 5 nitrogen and oxygen atoms in total. The summed E-state index contributed by atoms with van der Waals surface area (Å²) in [5.74, 6) is -1.39. The molecular formula is C18H20ClN3O2. The molecule has 0 aliphatic heterocycles. The molecule has 126 valence electrons. The lowest BCUT2D eigenvalue weighted by molar-refractivity contribution is -0.136. The van der Waals surface area contributed by atoms with Gasteiger partial charge < -0.3 is 15.5 Å². The third-order valence-electron chi connectivity index (χ3n) is 3.59. The van der Waals surface area contributed by atoms with Crippen molar-refractivity contribution in [2.45, 2.75) is 13.5 Å². The van der Waals surface area contributed by atoms with Crippen molar-refractivity contribution in [3.63, 3.8) is 0 Å². The molecule has 2 rings (SSSR count). The van der Waals surface area contributed by atoms with Crippen LogP contribution in [-0.4, -0.2) is 25.9 Å². The van der Waals surface area contributed by atoms with Gasteiger partial charge >= 0.3 is 11.8 Å². The quantitative estimate of drug-likeness (QED) is 0.837. The van der Waals surface area contributed by atoms with E-state index >= 15 is 0 Å². The number of halogens is 1. The zero-order valence-corrected chi connectivity index (χ0v) is 14.6. The first kappa shape index (κ1) is 17.8. The second-order valence-corrected chi connectivity index (χ2v) is 6.09. The van der Waals surface area contributed by atoms with Crippen molar-refractivity contribution in [1.82, 2.24) is 5.32 Å². The van der Waals surface area contributed by atoms with Gasteiger partial charge in [0.05, 0.1) is 0 Å². The number of carbonyl (C=O) groups excluding carboxylic acids is 2. The van der Waals surface area contributed by atoms with Gasteiger partial charge in [-0.05, 0) is 54.4 Å². The molecule has 0 saturated heterocycles. The largest absolute Gasteiger partial charge is 0.378 e. The van der Waals surface area contributed by atoms with Crippen LogP contribution in [0.1, 0.15) is 11.1 Å². The average molecular weight is 346 g/mol. The molecule has 6 heteroatoms. The molecule has 0 heterocycles. The fourth-order valence-electron chi connectivity index (χ4n) is 2.13. The minimum absolute atomic E-state index is 0.298. The Hall–Kier alpha value is -2.53. The van der Waals surface area contributed by atoms with Crippen molar-refractivity contribution in [1.29, 1.82) is 0 Å². The van der Waals surface area contributed by atoms with Crippen molar-refractivity contribution in [3.8, 4) is 0 Å². The number of nitrogens with zero attached hydrogens (tertiary/aromatic N) is 1. The SMILES string of the molecule is Cc1cc(N(C)C)ccc1CNC(=O)C(=O)Nc1ccc(Cl)cc1. The lowest BCUT2D eigenvalue weighted by atomic mass is 10.1. The summed E-state index contributed by atoms with van der Waals surface area (Å²) in [6, 6.07) is 12.5. The van der Waals surface area contributed by atoms with E-state index in [1.165, 1.54) is 0 Å². The Morgan fingerprint density at radius 2 is 1.71 bits per heavy atom. The monoisotopic (exact) mass is 345 g/mol. The van der Waals surface area contributed by atoms with Crippen LogP contribution in [0, 0.1) is 6.92 Å². The average Bonchev–Trinajstić information content (AvgIpc) is 2.55. The maximum Gasteiger partial charge on any atom is 0.313 e. The Morgan fingerprint density at radius 3 is 2.29 bits per heavy atom. The first-order chi connectivity index (χ1) is 11.4. The van der Waals surface area contributed by atoms with Crippen LogP contribution in [0.2, 0.25) is 5.02 Å². The topological polar surface area (TPSA) is 61.4 Å². The van der Waals surface area contributed by atoms with Crippen LogP contribution < -0.4 is 15.5 Å². The van der Waals surface area contributed by atoms with Gasteiger partial charge in [-0.2, -0.15) is 0 Å². The Morgan fingerprint density at radius 1 is 1.04 bits per heavy atom. The van der Waals surface area contributed by atoms with E-state index in [1.54, 1.807) is 24.3 Å². The van der Waals surface area contributed by atoms with Crippen LogP contribution in [0.3, 0.4) is 0 Å². The van der Waals surface area contributed by atoms with Gasteiger partial charge in [0.2, 0.25) is 0 Å². The molecule has 0 bridgehead atoms. The van der Waals surface area contributed by atoms with E-state index < -0.39 is 11.8 Å². The van der Waals surface area contributed by atoms with Gasteiger partial charge in [-0.1, -0.05) is 17.7 Å². The Bertz CT molecular complexity index is 742. The number of hydrogen-bond donors (Lipinski definition) is 2. The van der Waals surface area contributed by atoms with E-state index in [2.05, 4.69) is 10.6 Å². The first-order valence-electron chi connectivity index (χ1n) is 7.48. The smallest absolute Gasteiger partial charge is 0.313 e. The van der Waals surface area contributed by atoms with E-state index in [9.17, 15) is 9.59 Å². The summed E-state index contributed by atoms with van der Waals surface area (Å²) in [6.45, 7) is 2.27. The molecule has 0 saturated carbocycles. The molecule has 0 aliphatic carbocycles. The van der Waals surface area contributed by atoms with E-state index in [-0.39, 0.29) is 0 Å². The second-order valence-electron chi connectivity index (χ2n) is 5.65. The number of benzene rings is 2. The van der Waals surface area contributed by atoms with E-state index in [1.807, 2.05) is 44.1 Å². The van der Waals surface area contributed by atoms with Gasteiger partial charge in [0.15, 0.2) is 0 Å². The molecule has 0 aromatic heterocycles. The number of carbonyl (C=O) groups is 2. The summed E-state index contributed by atoms with van der Waals surface area (Å²) in [5, 5.41) is 5.72. The fraction of sp³-hybridized carbons (Fsp3) is 0.222. The van der Waals surface area contributed by atoms with Crippen molar-refractivity contribution in [3.05, 3.63) is 58.6 Å². The highest BCUT2D eigenvalue weighted by molar-refractivity contribution is 6.39. The van der Waals surface area contributed by atoms with Crippen molar-refractivity contribution >= 4 is 34.8 Å². The van der Waals surface area contributed by atoms with Crippen LogP contribution in [0.25, 0.3) is 0 Å². The van der Waals surface area contributed by atoms with Gasteiger partial charge in [0.1, 0.15) is 0 Å². The van der Waals surface area contributed by atoms with E-state index in [4.69, 9.17) is 11.6 Å². The van der Waals surface area contributed by atoms with Crippen LogP contribution >= 0.6 is 11.6 Å². The van der Waals surface area contributed by atoms with E-state index in [0.717, 1.165) is 16.8 Å². The molecule has 0 aliphatic rings. The van der Waals surface area contributed by atoms with Gasteiger partial charge in [-0.25, -0.2) is 0 Å². The molecule has 0 unspecified atom stereocenters. The van der Waals surface area contributed by atoms with Gasteiger partial charge in [-0.3, -0.25) is 9.59 Å². The minimum Gasteiger partial charge on any atom is -0.378 e. The standard InChI is InChI=1S/C18H20ClN3O2/c1-12-10-16(22(2)3)9-4-13(12)11-20-17(23)18(24)21-15-7-5-14(19)6-8-15/h4-10H,11H2,1-3H3,(H,20,23)(H,21,24). The Labute approximate surface area is 146 Å². The highest BCUT2D eigenvalue weighted by Gasteiger charge is 2.14. The summed E-state index contributed by atoms with van der Waals surface area (Å²) < 4.78 is 0. The van der Waals surface area contributed by atoms with Crippen LogP contribution in [0.15, 0.2) is 42.5 Å². The van der Waals surface area contributed by atoms with Crippen LogP contribution in [-0.2, 0) is 16.1 Å². The number of anilines is 2. The number of nitrogens with one attached hydrogen (secondary N) is 2. The maximum absolute atomic E-state index is 11.9. The lowest BCUT2D eigenvalue weighted by Crippen LogP contribution is -2.35. The van der Waals surface area contributed by atoms with Crippen LogP contribution in [0.4, 0.5) is 11.4 Å². The predicted octanol–water partition coefficient (Wildman–Crippen LogP) is 2.97. The van der Waals surface area contributed by atoms with Crippen LogP contribution in [0.5, 0.6) is 0 Å². The molecule has 0 atom stereocenters. The summed E-state index contributed by atoms with van der Waals surface area (Å²) >= 11 is 5.78. The van der Waals surface area contributed by atoms with Gasteiger partial charge in [0.25, 0.3) is 0 Å². The number of rotatable bonds is 4. The zero-order chi connectivity index (χ0) is 17.7. The lowest BCUT2D eigenvalue weighted by Gasteiger charge is -2.15.